The molecule has 118 valence electrons. The molecular weight excluding hydrogens is 316 g/mol. The van der Waals surface area contributed by atoms with E-state index in [0.29, 0.717) is 11.3 Å². The van der Waals surface area contributed by atoms with Crippen molar-refractivity contribution in [3.63, 3.8) is 0 Å². The highest BCUT2D eigenvalue weighted by Gasteiger charge is 2.27. The van der Waals surface area contributed by atoms with E-state index in [1.54, 1.807) is 0 Å². The molecule has 0 unspecified atom stereocenters. The van der Waals surface area contributed by atoms with Crippen LogP contribution in [-0.2, 0) is 26.0 Å². The molecule has 0 radical (unpaired) electrons. The maximum absolute atomic E-state index is 12.5. The van der Waals surface area contributed by atoms with E-state index in [-0.39, 0.29) is 23.7 Å². The van der Waals surface area contributed by atoms with Crippen LogP contribution in [0.2, 0.25) is 0 Å². The molecule has 1 heterocycles. The Morgan fingerprint density at radius 3 is 2.57 bits per heavy atom. The molecule has 0 bridgehead atoms. The molecule has 21 heavy (non-hydrogen) atoms. The minimum Gasteiger partial charge on any atom is -0.481 e. The van der Waals surface area contributed by atoms with Gasteiger partial charge < -0.3 is 10.4 Å². The molecule has 0 aliphatic rings. The monoisotopic (exact) mass is 334 g/mol. The van der Waals surface area contributed by atoms with Crippen molar-refractivity contribution >= 4 is 33.2 Å². The van der Waals surface area contributed by atoms with Crippen molar-refractivity contribution in [1.29, 1.82) is 0 Å². The summed E-state index contributed by atoms with van der Waals surface area (Å²) in [6.07, 6.45) is 0.354. The fourth-order valence-electron chi connectivity index (χ4n) is 1.64. The number of sulfonamides is 1. The zero-order valence-electron chi connectivity index (χ0n) is 11.8. The first-order valence-electron chi connectivity index (χ1n) is 6.32. The third-order valence-electron chi connectivity index (χ3n) is 2.63. The van der Waals surface area contributed by atoms with E-state index in [0.717, 1.165) is 15.6 Å². The normalized spacial score (nSPS) is 11.6. The average molecular weight is 334 g/mol. The van der Waals surface area contributed by atoms with E-state index in [4.69, 9.17) is 5.11 Å². The summed E-state index contributed by atoms with van der Waals surface area (Å²) < 4.78 is 26.1. The molecule has 0 aliphatic heterocycles. The Kier molecular flexibility index (Phi) is 6.31. The summed E-state index contributed by atoms with van der Waals surface area (Å²) in [6.45, 7) is 1.79. The Morgan fingerprint density at radius 1 is 1.38 bits per heavy atom. The van der Waals surface area contributed by atoms with Gasteiger partial charge in [-0.2, -0.15) is 4.31 Å². The number of carbonyl (C=O) groups excluding carboxylic acids is 1. The van der Waals surface area contributed by atoms with Gasteiger partial charge in [0.2, 0.25) is 5.91 Å². The Morgan fingerprint density at radius 2 is 2.05 bits per heavy atom. The number of rotatable bonds is 8. The number of carboxylic acid groups (broad SMARTS) is 1. The number of nitrogens with zero attached hydrogens (tertiary/aromatic N) is 1. The molecule has 1 amide bonds. The van der Waals surface area contributed by atoms with Crippen LogP contribution in [0, 0.1) is 0 Å². The molecular formula is C12H18N2O5S2. The number of thiophene rings is 1. The largest absolute Gasteiger partial charge is 0.481 e. The van der Waals surface area contributed by atoms with Crippen LogP contribution >= 0.6 is 11.3 Å². The predicted molar refractivity (Wildman–Crippen MR) is 78.8 cm³/mol. The Hall–Kier alpha value is -1.45. The first-order chi connectivity index (χ1) is 9.81. The van der Waals surface area contributed by atoms with Crippen LogP contribution in [0.1, 0.15) is 18.2 Å². The number of aliphatic carboxylic acids is 1. The van der Waals surface area contributed by atoms with E-state index >= 15 is 0 Å². The second-order valence-electron chi connectivity index (χ2n) is 4.30. The first kappa shape index (κ1) is 17.6. The van der Waals surface area contributed by atoms with Gasteiger partial charge in [-0.3, -0.25) is 9.59 Å². The highest BCUT2D eigenvalue weighted by Crippen LogP contribution is 2.25. The molecule has 0 aliphatic carbocycles. The van der Waals surface area contributed by atoms with Crippen molar-refractivity contribution in [1.82, 2.24) is 9.62 Å². The van der Waals surface area contributed by atoms with Crippen molar-refractivity contribution < 1.29 is 23.1 Å². The summed E-state index contributed by atoms with van der Waals surface area (Å²) in [4.78, 5) is 22.5. The number of likely N-dealkylation sites (N-methyl/N-ethyl adjacent to an activating group) is 1. The van der Waals surface area contributed by atoms with E-state index in [1.165, 1.54) is 19.2 Å². The minimum atomic E-state index is -3.79. The lowest BCUT2D eigenvalue weighted by Crippen LogP contribution is -2.39. The molecule has 1 rings (SSSR count). The number of hydrogen-bond acceptors (Lipinski definition) is 5. The fraction of sp³-hybridized carbons (Fsp3) is 0.500. The van der Waals surface area contributed by atoms with Gasteiger partial charge in [-0.25, -0.2) is 8.42 Å². The number of nitrogens with one attached hydrogen (secondary N) is 1. The van der Waals surface area contributed by atoms with Gasteiger partial charge in [-0.1, -0.05) is 6.92 Å². The molecule has 0 aromatic carbocycles. The van der Waals surface area contributed by atoms with Gasteiger partial charge in [0.05, 0.1) is 13.0 Å². The summed E-state index contributed by atoms with van der Waals surface area (Å²) >= 11 is 0.915. The van der Waals surface area contributed by atoms with Crippen LogP contribution < -0.4 is 5.32 Å². The van der Waals surface area contributed by atoms with Gasteiger partial charge in [0.15, 0.2) is 0 Å². The van der Waals surface area contributed by atoms with E-state index in [2.05, 4.69) is 5.32 Å². The standard InChI is InChI=1S/C12H18N2O5S2/c1-3-6-14(8-10(15)13-2)21(18,19)12-5-4-9(20-12)7-11(16)17/h4-5H,3,6-8H2,1-2H3,(H,13,15)(H,16,17). The van der Waals surface area contributed by atoms with Gasteiger partial charge in [-0.05, 0) is 18.6 Å². The molecule has 1 aromatic heterocycles. The van der Waals surface area contributed by atoms with Crippen LogP contribution in [0.15, 0.2) is 16.3 Å². The highest BCUT2D eigenvalue weighted by molar-refractivity contribution is 7.91. The predicted octanol–water partition coefficient (Wildman–Crippen LogP) is 0.522. The van der Waals surface area contributed by atoms with Crippen LogP contribution in [0.4, 0.5) is 0 Å². The minimum absolute atomic E-state index is 0.0519. The summed E-state index contributed by atoms with van der Waals surface area (Å²) in [5.74, 6) is -1.41. The average Bonchev–Trinajstić information content (AvgIpc) is 2.86. The summed E-state index contributed by atoms with van der Waals surface area (Å²) in [5, 5.41) is 11.1. The fourth-order valence-corrected chi connectivity index (χ4v) is 4.63. The summed E-state index contributed by atoms with van der Waals surface area (Å²) in [6, 6.07) is 2.86. The Balaban J connectivity index is 3.01. The molecule has 0 spiro atoms. The van der Waals surface area contributed by atoms with Gasteiger partial charge in [-0.15, -0.1) is 11.3 Å². The quantitative estimate of drug-likeness (QED) is 0.721. The molecule has 7 nitrogen and oxygen atoms in total. The molecule has 0 fully saturated rings. The Labute approximate surface area is 127 Å². The van der Waals surface area contributed by atoms with Gasteiger partial charge in [0, 0.05) is 18.5 Å². The van der Waals surface area contributed by atoms with Gasteiger partial charge in [0.25, 0.3) is 10.0 Å². The molecule has 0 saturated heterocycles. The second-order valence-corrected chi connectivity index (χ2v) is 7.64. The van der Waals surface area contributed by atoms with Crippen LogP contribution in [0.3, 0.4) is 0 Å². The lowest BCUT2D eigenvalue weighted by Gasteiger charge is -2.19. The SMILES string of the molecule is CCCN(CC(=O)NC)S(=O)(=O)c1ccc(CC(=O)O)s1. The third kappa shape index (κ3) is 4.80. The zero-order valence-corrected chi connectivity index (χ0v) is 13.5. The van der Waals surface area contributed by atoms with Crippen molar-refractivity contribution in [3.8, 4) is 0 Å². The number of amides is 1. The summed E-state index contributed by atoms with van der Waals surface area (Å²) in [5.41, 5.74) is 0. The van der Waals surface area contributed by atoms with Crippen molar-refractivity contribution in [3.05, 3.63) is 17.0 Å². The maximum atomic E-state index is 12.5. The molecule has 1 aromatic rings. The number of carbonyl (C=O) groups is 2. The molecule has 0 atom stereocenters. The zero-order chi connectivity index (χ0) is 16.0. The molecule has 9 heteroatoms. The van der Waals surface area contributed by atoms with Crippen molar-refractivity contribution in [2.24, 2.45) is 0 Å². The van der Waals surface area contributed by atoms with E-state index < -0.39 is 21.9 Å². The van der Waals surface area contributed by atoms with E-state index in [1.807, 2.05) is 6.92 Å². The third-order valence-corrected chi connectivity index (χ3v) is 6.03. The van der Waals surface area contributed by atoms with Crippen LogP contribution in [0.5, 0.6) is 0 Å². The smallest absolute Gasteiger partial charge is 0.308 e. The van der Waals surface area contributed by atoms with Crippen LogP contribution in [0.25, 0.3) is 0 Å². The maximum Gasteiger partial charge on any atom is 0.308 e. The lowest BCUT2D eigenvalue weighted by atomic mass is 10.3. The Bertz CT molecular complexity index is 609. The highest BCUT2D eigenvalue weighted by atomic mass is 32.2. The number of carboxylic acids is 1. The second kappa shape index (κ2) is 7.53. The van der Waals surface area contributed by atoms with Gasteiger partial charge in [0.1, 0.15) is 4.21 Å². The van der Waals surface area contributed by atoms with Crippen LogP contribution in [-0.4, -0.2) is 49.8 Å². The first-order valence-corrected chi connectivity index (χ1v) is 8.58. The van der Waals surface area contributed by atoms with Crippen molar-refractivity contribution in [2.45, 2.75) is 24.0 Å². The topological polar surface area (TPSA) is 104 Å². The molecule has 0 saturated carbocycles. The van der Waals surface area contributed by atoms with E-state index in [9.17, 15) is 18.0 Å². The number of hydrogen-bond donors (Lipinski definition) is 2. The van der Waals surface area contributed by atoms with Gasteiger partial charge >= 0.3 is 5.97 Å². The molecule has 2 N–H and O–H groups in total. The summed E-state index contributed by atoms with van der Waals surface area (Å²) in [7, 11) is -2.35. The van der Waals surface area contributed by atoms with Crippen molar-refractivity contribution in [2.75, 3.05) is 20.1 Å². The lowest BCUT2D eigenvalue weighted by molar-refractivity contribution is -0.136.